The molecule has 0 radical (unpaired) electrons. The van der Waals surface area contributed by atoms with Crippen LogP contribution in [-0.4, -0.2) is 123 Å². The molecule has 4 aliphatic rings. The number of morpholine rings is 1. The first kappa shape index (κ1) is 29.8. The number of likely N-dealkylation sites (tertiary alicyclic amines) is 1. The van der Waals surface area contributed by atoms with Crippen molar-refractivity contribution >= 4 is 34.1 Å². The number of phenolic OH excluding ortho intramolecular Hbond substituents is 1. The zero-order chi connectivity index (χ0) is 31.5. The zero-order valence-corrected chi connectivity index (χ0v) is 26.8. The van der Waals surface area contributed by atoms with Gasteiger partial charge in [0.2, 0.25) is 0 Å². The molecule has 0 aromatic heterocycles. The lowest BCUT2D eigenvalue weighted by Crippen LogP contribution is -2.51. The Morgan fingerprint density at radius 2 is 1.60 bits per heavy atom. The van der Waals surface area contributed by atoms with Crippen molar-refractivity contribution in [3.63, 3.8) is 0 Å². The van der Waals surface area contributed by atoms with Crippen LogP contribution >= 0.6 is 0 Å². The van der Waals surface area contributed by atoms with Crippen LogP contribution in [0.2, 0.25) is 0 Å². The van der Waals surface area contributed by atoms with Crippen LogP contribution in [0.4, 0.5) is 16.2 Å². The molecule has 4 saturated heterocycles. The van der Waals surface area contributed by atoms with Gasteiger partial charge in [-0.1, -0.05) is 36.4 Å². The van der Waals surface area contributed by atoms with Gasteiger partial charge in [-0.2, -0.15) is 0 Å². The molecule has 3 aromatic carbocycles. The van der Waals surface area contributed by atoms with E-state index >= 15 is 0 Å². The van der Waals surface area contributed by atoms with E-state index in [9.17, 15) is 14.7 Å². The summed E-state index contributed by atoms with van der Waals surface area (Å²) in [5.74, 6) is 0.191. The fourth-order valence-corrected chi connectivity index (χ4v) is 8.23. The normalized spacial score (nSPS) is 25.3. The highest BCUT2D eigenvalue weighted by Gasteiger charge is 2.70. The zero-order valence-electron chi connectivity index (χ0n) is 26.8. The maximum atomic E-state index is 14.6. The molecule has 10 nitrogen and oxygen atoms in total. The predicted molar refractivity (Wildman–Crippen MR) is 176 cm³/mol. The summed E-state index contributed by atoms with van der Waals surface area (Å²) in [6.45, 7) is 5.83. The molecule has 0 saturated carbocycles. The average molecular weight is 613 g/mol. The van der Waals surface area contributed by atoms with Gasteiger partial charge in [0.15, 0.2) is 0 Å². The highest BCUT2D eigenvalue weighted by atomic mass is 16.5. The third-order valence-electron chi connectivity index (χ3n) is 10.4. The summed E-state index contributed by atoms with van der Waals surface area (Å²) < 4.78 is 5.51. The molecule has 0 bridgehead atoms. The molecule has 1 N–H and O–H groups in total. The number of carbonyl (C=O) groups is 2. The highest BCUT2D eigenvalue weighted by Crippen LogP contribution is 2.56. The van der Waals surface area contributed by atoms with Gasteiger partial charge in [-0.25, -0.2) is 4.79 Å². The fraction of sp³-hybridized carbons (Fsp3) is 0.486. The first-order chi connectivity index (χ1) is 21.7. The van der Waals surface area contributed by atoms with Crippen LogP contribution in [0, 0.1) is 5.92 Å². The van der Waals surface area contributed by atoms with E-state index in [1.165, 1.54) is 4.90 Å². The maximum absolute atomic E-state index is 14.6. The number of hydrogen-bond donors (Lipinski definition) is 1. The van der Waals surface area contributed by atoms with Crippen LogP contribution in [0.25, 0.3) is 10.8 Å². The molecule has 4 aliphatic heterocycles. The van der Waals surface area contributed by atoms with E-state index in [1.807, 2.05) is 56.2 Å². The van der Waals surface area contributed by atoms with Crippen molar-refractivity contribution in [2.45, 2.75) is 24.5 Å². The Morgan fingerprint density at radius 1 is 0.889 bits per heavy atom. The SMILES string of the molecule is CN(C)c1ccc(CN2C[C@H]3C[C@H](c4ccc(N(C)C)c5ccccc45)N4C(=O)N(CCN5CCOCC5)C(=O)[C@]34C2)cc1O. The number of nitrogens with zero attached hydrogens (tertiary/aromatic N) is 6. The van der Waals surface area contributed by atoms with Gasteiger partial charge in [-0.15, -0.1) is 0 Å². The van der Waals surface area contributed by atoms with Crippen LogP contribution in [0.15, 0.2) is 54.6 Å². The van der Waals surface area contributed by atoms with Crippen molar-refractivity contribution in [3.8, 4) is 5.75 Å². The van der Waals surface area contributed by atoms with E-state index in [4.69, 9.17) is 4.74 Å². The van der Waals surface area contributed by atoms with Gasteiger partial charge in [0.25, 0.3) is 5.91 Å². The minimum Gasteiger partial charge on any atom is -0.506 e. The molecule has 1 spiro atoms. The van der Waals surface area contributed by atoms with Crippen molar-refractivity contribution in [2.24, 2.45) is 5.92 Å². The number of benzene rings is 3. The molecule has 3 aromatic rings. The Bertz CT molecular complexity index is 1620. The number of ether oxygens (including phenoxy) is 1. The minimum absolute atomic E-state index is 0.00858. The number of carbonyl (C=O) groups excluding carboxylic acids is 2. The molecule has 45 heavy (non-hydrogen) atoms. The van der Waals surface area contributed by atoms with Gasteiger partial charge in [0, 0.05) is 91.0 Å². The summed E-state index contributed by atoms with van der Waals surface area (Å²) in [7, 11) is 7.91. The lowest BCUT2D eigenvalue weighted by atomic mass is 9.87. The van der Waals surface area contributed by atoms with Crippen molar-refractivity contribution < 1.29 is 19.4 Å². The number of amides is 3. The number of urea groups is 1. The topological polar surface area (TPSA) is 83.0 Å². The van der Waals surface area contributed by atoms with E-state index in [1.54, 1.807) is 0 Å². The predicted octanol–water partition coefficient (Wildman–Crippen LogP) is 3.59. The molecule has 7 rings (SSSR count). The van der Waals surface area contributed by atoms with E-state index in [-0.39, 0.29) is 29.6 Å². The Hall–Kier alpha value is -3.86. The largest absolute Gasteiger partial charge is 0.506 e. The summed E-state index contributed by atoms with van der Waals surface area (Å²) in [4.78, 5) is 41.1. The molecular weight excluding hydrogens is 568 g/mol. The number of anilines is 2. The molecule has 10 heteroatoms. The molecule has 4 heterocycles. The number of hydrogen-bond acceptors (Lipinski definition) is 8. The number of fused-ring (bicyclic) bond motifs is 1. The quantitative estimate of drug-likeness (QED) is 0.387. The number of aromatic hydroxyl groups is 1. The average Bonchev–Trinajstić information content (AvgIpc) is 3.60. The summed E-state index contributed by atoms with van der Waals surface area (Å²) >= 11 is 0. The van der Waals surface area contributed by atoms with Gasteiger partial charge in [-0.3, -0.25) is 19.5 Å². The Kier molecular flexibility index (Phi) is 7.62. The van der Waals surface area contributed by atoms with Crippen LogP contribution in [0.1, 0.15) is 23.6 Å². The van der Waals surface area contributed by atoms with Gasteiger partial charge in [-0.05, 0) is 41.1 Å². The molecule has 4 fully saturated rings. The standard InChI is InChI=1S/C35H44N6O4/c1-36(2)29-12-10-28(26-7-5-6-8-27(26)29)31-20-25-22-39(21-24-9-11-30(37(3)4)32(42)19-24)23-35(25)33(43)40(34(44)41(31)35)14-13-38-15-17-45-18-16-38/h5-12,19,25,31,42H,13-18,20-23H2,1-4H3/t25-,31-,35+/m1/s1. The van der Waals surface area contributed by atoms with Crippen molar-refractivity contribution in [3.05, 3.63) is 65.7 Å². The molecule has 238 valence electrons. The Morgan fingerprint density at radius 3 is 2.31 bits per heavy atom. The van der Waals surface area contributed by atoms with Crippen molar-refractivity contribution in [2.75, 3.05) is 90.5 Å². The summed E-state index contributed by atoms with van der Waals surface area (Å²) in [5, 5.41) is 12.9. The monoisotopic (exact) mass is 612 g/mol. The number of phenols is 1. The third-order valence-corrected chi connectivity index (χ3v) is 10.4. The van der Waals surface area contributed by atoms with E-state index < -0.39 is 5.54 Å². The lowest BCUT2D eigenvalue weighted by Gasteiger charge is -2.33. The van der Waals surface area contributed by atoms with Gasteiger partial charge in [0.05, 0.1) is 24.9 Å². The van der Waals surface area contributed by atoms with Crippen molar-refractivity contribution in [1.82, 2.24) is 19.6 Å². The van der Waals surface area contributed by atoms with E-state index in [0.717, 1.165) is 52.8 Å². The first-order valence-electron chi connectivity index (χ1n) is 16.0. The molecule has 3 amide bonds. The van der Waals surface area contributed by atoms with E-state index in [0.29, 0.717) is 45.9 Å². The summed E-state index contributed by atoms with van der Waals surface area (Å²) in [5.41, 5.74) is 3.10. The molecule has 0 aliphatic carbocycles. The smallest absolute Gasteiger partial charge is 0.328 e. The van der Waals surface area contributed by atoms with Crippen LogP contribution in [0.5, 0.6) is 5.75 Å². The van der Waals surface area contributed by atoms with Gasteiger partial charge in [0.1, 0.15) is 11.3 Å². The Balaban J connectivity index is 1.23. The van der Waals surface area contributed by atoms with Crippen LogP contribution < -0.4 is 9.80 Å². The fourth-order valence-electron chi connectivity index (χ4n) is 8.23. The second kappa shape index (κ2) is 11.5. The molecule has 0 unspecified atom stereocenters. The van der Waals surface area contributed by atoms with Crippen LogP contribution in [0.3, 0.4) is 0 Å². The number of imide groups is 1. The number of rotatable bonds is 8. The third kappa shape index (κ3) is 4.90. The minimum atomic E-state index is -0.903. The van der Waals surface area contributed by atoms with E-state index in [2.05, 4.69) is 51.1 Å². The first-order valence-corrected chi connectivity index (χ1v) is 16.0. The summed E-state index contributed by atoms with van der Waals surface area (Å²) in [6, 6.07) is 18.1. The second-order valence-corrected chi connectivity index (χ2v) is 13.4. The highest BCUT2D eigenvalue weighted by molar-refractivity contribution is 6.09. The van der Waals surface area contributed by atoms with Gasteiger partial charge < -0.3 is 24.5 Å². The summed E-state index contributed by atoms with van der Waals surface area (Å²) in [6.07, 6.45) is 0.738. The molecular formula is C35H44N6O4. The van der Waals surface area contributed by atoms with Crippen molar-refractivity contribution in [1.29, 1.82) is 0 Å². The van der Waals surface area contributed by atoms with Crippen LogP contribution in [-0.2, 0) is 16.1 Å². The molecule has 3 atom stereocenters. The Labute approximate surface area is 265 Å². The second-order valence-electron chi connectivity index (χ2n) is 13.4. The maximum Gasteiger partial charge on any atom is 0.328 e. The van der Waals surface area contributed by atoms with Gasteiger partial charge >= 0.3 is 6.03 Å². The lowest BCUT2D eigenvalue weighted by molar-refractivity contribution is -0.133.